The molecule has 0 aliphatic rings. The van der Waals surface area contributed by atoms with Crippen molar-refractivity contribution in [2.45, 2.75) is 6.92 Å². The lowest BCUT2D eigenvalue weighted by atomic mass is 10.1. The molecule has 1 aromatic heterocycles. The Morgan fingerprint density at radius 3 is 2.58 bits per heavy atom. The second kappa shape index (κ2) is 7.32. The summed E-state index contributed by atoms with van der Waals surface area (Å²) in [5, 5.41) is 16.6. The maximum absolute atomic E-state index is 12.5. The van der Waals surface area contributed by atoms with Gasteiger partial charge in [0.25, 0.3) is 11.8 Å². The van der Waals surface area contributed by atoms with Gasteiger partial charge in [0, 0.05) is 18.3 Å². The smallest absolute Gasteiger partial charge is 0.255 e. The van der Waals surface area contributed by atoms with Gasteiger partial charge in [-0.2, -0.15) is 0 Å². The summed E-state index contributed by atoms with van der Waals surface area (Å²) in [7, 11) is 1.51. The van der Waals surface area contributed by atoms with Crippen molar-refractivity contribution >= 4 is 29.1 Å². The summed E-state index contributed by atoms with van der Waals surface area (Å²) in [4.78, 5) is 24.3. The van der Waals surface area contributed by atoms with Crippen molar-refractivity contribution in [2.24, 2.45) is 0 Å². The number of rotatable bonds is 4. The highest BCUT2D eigenvalue weighted by Crippen LogP contribution is 2.22. The molecule has 0 aliphatic carbocycles. The molecule has 9 heteroatoms. The third kappa shape index (κ3) is 3.55. The van der Waals surface area contributed by atoms with Crippen LogP contribution in [0.25, 0.3) is 5.69 Å². The van der Waals surface area contributed by atoms with Gasteiger partial charge < -0.3 is 10.6 Å². The number of tetrazole rings is 1. The summed E-state index contributed by atoms with van der Waals surface area (Å²) < 4.78 is 1.52. The van der Waals surface area contributed by atoms with Gasteiger partial charge in [-0.05, 0) is 59.3 Å². The van der Waals surface area contributed by atoms with Crippen molar-refractivity contribution in [2.75, 3.05) is 12.4 Å². The molecule has 0 saturated carbocycles. The van der Waals surface area contributed by atoms with E-state index in [9.17, 15) is 9.59 Å². The SMILES string of the molecule is CNC(=O)c1cc(NC(=O)c2ccc(-n3cnnn3)c(C)c2)ccc1Cl. The number of nitrogens with zero attached hydrogens (tertiary/aromatic N) is 4. The largest absolute Gasteiger partial charge is 0.355 e. The van der Waals surface area contributed by atoms with Gasteiger partial charge in [-0.15, -0.1) is 5.10 Å². The summed E-state index contributed by atoms with van der Waals surface area (Å²) in [6.07, 6.45) is 1.48. The molecule has 2 N–H and O–H groups in total. The summed E-state index contributed by atoms with van der Waals surface area (Å²) in [5.41, 5.74) is 2.85. The Kier molecular flexibility index (Phi) is 4.94. The molecule has 0 fully saturated rings. The minimum absolute atomic E-state index is 0.289. The first kappa shape index (κ1) is 17.6. The zero-order valence-electron chi connectivity index (χ0n) is 14.0. The number of hydrogen-bond acceptors (Lipinski definition) is 5. The molecule has 0 unspecified atom stereocenters. The molecule has 26 heavy (non-hydrogen) atoms. The van der Waals surface area contributed by atoms with E-state index in [0.717, 1.165) is 11.3 Å². The Labute approximate surface area is 154 Å². The van der Waals surface area contributed by atoms with E-state index in [1.807, 2.05) is 6.92 Å². The van der Waals surface area contributed by atoms with Crippen LogP contribution in [-0.4, -0.2) is 39.1 Å². The normalized spacial score (nSPS) is 10.4. The summed E-state index contributed by atoms with van der Waals surface area (Å²) >= 11 is 6.02. The monoisotopic (exact) mass is 370 g/mol. The number of anilines is 1. The van der Waals surface area contributed by atoms with E-state index < -0.39 is 0 Å². The number of carbonyl (C=O) groups excluding carboxylic acids is 2. The molecular weight excluding hydrogens is 356 g/mol. The van der Waals surface area contributed by atoms with Gasteiger partial charge in [0.05, 0.1) is 16.3 Å². The first-order valence-electron chi connectivity index (χ1n) is 7.66. The standard InChI is InChI=1S/C17H15ClN6O2/c1-10-7-11(3-6-15(10)24-9-20-22-23-24)16(25)21-12-4-5-14(18)13(8-12)17(26)19-2/h3-9H,1-2H3,(H,19,26)(H,21,25). The summed E-state index contributed by atoms with van der Waals surface area (Å²) in [5.74, 6) is -0.630. The van der Waals surface area contributed by atoms with Crippen LogP contribution in [0.5, 0.6) is 0 Å². The number of benzene rings is 2. The fraction of sp³-hybridized carbons (Fsp3) is 0.118. The van der Waals surface area contributed by atoms with E-state index in [0.29, 0.717) is 16.3 Å². The fourth-order valence-corrected chi connectivity index (χ4v) is 2.64. The Morgan fingerprint density at radius 2 is 1.92 bits per heavy atom. The van der Waals surface area contributed by atoms with E-state index in [-0.39, 0.29) is 17.4 Å². The summed E-state index contributed by atoms with van der Waals surface area (Å²) in [6.45, 7) is 1.86. The van der Waals surface area contributed by atoms with E-state index in [1.54, 1.807) is 30.3 Å². The molecule has 0 spiro atoms. The Hall–Kier alpha value is -3.26. The maximum atomic E-state index is 12.5. The molecule has 132 valence electrons. The van der Waals surface area contributed by atoms with Crippen molar-refractivity contribution in [3.63, 3.8) is 0 Å². The highest BCUT2D eigenvalue weighted by atomic mass is 35.5. The Morgan fingerprint density at radius 1 is 1.12 bits per heavy atom. The van der Waals surface area contributed by atoms with Gasteiger partial charge in [-0.1, -0.05) is 11.6 Å². The van der Waals surface area contributed by atoms with Crippen LogP contribution in [0.1, 0.15) is 26.3 Å². The molecule has 0 aliphatic heterocycles. The second-order valence-corrected chi connectivity index (χ2v) is 5.89. The molecule has 3 rings (SSSR count). The van der Waals surface area contributed by atoms with Gasteiger partial charge in [-0.25, -0.2) is 4.68 Å². The minimum Gasteiger partial charge on any atom is -0.355 e. The number of amides is 2. The third-order valence-electron chi connectivity index (χ3n) is 3.75. The van der Waals surface area contributed by atoms with Gasteiger partial charge in [0.15, 0.2) is 0 Å². The van der Waals surface area contributed by atoms with Crippen LogP contribution in [0.3, 0.4) is 0 Å². The first-order valence-corrected chi connectivity index (χ1v) is 8.04. The van der Waals surface area contributed by atoms with Crippen molar-refractivity contribution in [1.29, 1.82) is 0 Å². The number of aromatic nitrogens is 4. The highest BCUT2D eigenvalue weighted by molar-refractivity contribution is 6.34. The number of carbonyl (C=O) groups is 2. The van der Waals surface area contributed by atoms with Gasteiger partial charge in [0.2, 0.25) is 0 Å². The van der Waals surface area contributed by atoms with Crippen molar-refractivity contribution < 1.29 is 9.59 Å². The predicted octanol–water partition coefficient (Wildman–Crippen LogP) is 2.24. The number of aryl methyl sites for hydroxylation is 1. The van der Waals surface area contributed by atoms with E-state index in [1.165, 1.54) is 24.1 Å². The lowest BCUT2D eigenvalue weighted by molar-refractivity contribution is 0.0961. The van der Waals surface area contributed by atoms with Crippen LogP contribution in [0.15, 0.2) is 42.7 Å². The van der Waals surface area contributed by atoms with Crippen LogP contribution < -0.4 is 10.6 Å². The molecule has 0 saturated heterocycles. The van der Waals surface area contributed by atoms with E-state index >= 15 is 0 Å². The van der Waals surface area contributed by atoms with Crippen LogP contribution in [-0.2, 0) is 0 Å². The summed E-state index contributed by atoms with van der Waals surface area (Å²) in [6, 6.07) is 9.90. The fourth-order valence-electron chi connectivity index (χ4n) is 2.44. The lowest BCUT2D eigenvalue weighted by Crippen LogP contribution is -2.19. The van der Waals surface area contributed by atoms with Gasteiger partial charge >= 0.3 is 0 Å². The zero-order chi connectivity index (χ0) is 18.7. The molecule has 8 nitrogen and oxygen atoms in total. The van der Waals surface area contributed by atoms with Gasteiger partial charge in [0.1, 0.15) is 6.33 Å². The average molecular weight is 371 g/mol. The zero-order valence-corrected chi connectivity index (χ0v) is 14.8. The van der Waals surface area contributed by atoms with Crippen molar-refractivity contribution in [1.82, 2.24) is 25.5 Å². The number of halogens is 1. The van der Waals surface area contributed by atoms with Gasteiger partial charge in [-0.3, -0.25) is 9.59 Å². The Balaban J connectivity index is 1.82. The Bertz CT molecular complexity index is 971. The van der Waals surface area contributed by atoms with Crippen LogP contribution in [0.2, 0.25) is 5.02 Å². The molecule has 0 atom stereocenters. The minimum atomic E-state index is -0.326. The maximum Gasteiger partial charge on any atom is 0.255 e. The van der Waals surface area contributed by atoms with Crippen molar-refractivity contribution in [3.05, 3.63) is 64.4 Å². The number of nitrogens with one attached hydrogen (secondary N) is 2. The quantitative estimate of drug-likeness (QED) is 0.733. The van der Waals surface area contributed by atoms with Crippen LogP contribution in [0, 0.1) is 6.92 Å². The lowest BCUT2D eigenvalue weighted by Gasteiger charge is -2.10. The van der Waals surface area contributed by atoms with E-state index in [2.05, 4.69) is 26.2 Å². The molecule has 0 radical (unpaired) electrons. The average Bonchev–Trinajstić information content (AvgIpc) is 3.16. The van der Waals surface area contributed by atoms with Crippen LogP contribution in [0.4, 0.5) is 5.69 Å². The third-order valence-corrected chi connectivity index (χ3v) is 4.08. The molecule has 2 amide bonds. The molecule has 1 heterocycles. The van der Waals surface area contributed by atoms with E-state index in [4.69, 9.17) is 11.6 Å². The van der Waals surface area contributed by atoms with Crippen molar-refractivity contribution in [3.8, 4) is 5.69 Å². The molecule has 2 aromatic carbocycles. The molecular formula is C17H15ClN6O2. The molecule has 0 bridgehead atoms. The molecule has 3 aromatic rings. The highest BCUT2D eigenvalue weighted by Gasteiger charge is 2.13. The topological polar surface area (TPSA) is 102 Å². The van der Waals surface area contributed by atoms with Crippen LogP contribution >= 0.6 is 11.6 Å². The predicted molar refractivity (Wildman–Crippen MR) is 96.7 cm³/mol. The first-order chi connectivity index (χ1) is 12.5. The second-order valence-electron chi connectivity index (χ2n) is 5.48. The number of hydrogen-bond donors (Lipinski definition) is 2.